The van der Waals surface area contributed by atoms with Crippen LogP contribution in [0.25, 0.3) is 0 Å². The molecular formula is C14H12Cl2NNaO2. The fraction of sp³-hybridized carbons (Fsp3) is 0.0714. The first-order valence-electron chi connectivity index (χ1n) is 5.54. The minimum absolute atomic E-state index is 0. The number of hydrogen-bond donors (Lipinski definition) is 2. The summed E-state index contributed by atoms with van der Waals surface area (Å²) in [5.74, 6) is -1.01. The fourth-order valence-electron chi connectivity index (χ4n) is 1.68. The second-order valence-corrected chi connectivity index (χ2v) is 4.81. The van der Waals surface area contributed by atoms with E-state index < -0.39 is 5.97 Å². The van der Waals surface area contributed by atoms with E-state index in [9.17, 15) is 4.79 Å². The Morgan fingerprint density at radius 2 is 1.85 bits per heavy atom. The summed E-state index contributed by atoms with van der Waals surface area (Å²) in [5, 5.41) is 13.0. The predicted molar refractivity (Wildman–Crippen MR) is 79.0 cm³/mol. The molecule has 0 aliphatic rings. The van der Waals surface area contributed by atoms with Crippen LogP contribution in [0.4, 0.5) is 11.4 Å². The number of carboxylic acids is 1. The Hall–Kier alpha value is -0.710. The number of rotatable bonds is 3. The van der Waals surface area contributed by atoms with E-state index in [1.807, 2.05) is 6.92 Å². The molecule has 0 aliphatic carbocycles. The van der Waals surface area contributed by atoms with Gasteiger partial charge in [0.25, 0.3) is 0 Å². The third-order valence-electron chi connectivity index (χ3n) is 2.70. The van der Waals surface area contributed by atoms with Crippen molar-refractivity contribution in [1.29, 1.82) is 0 Å². The molecule has 100 valence electrons. The Morgan fingerprint density at radius 1 is 1.20 bits per heavy atom. The first kappa shape index (κ1) is 17.3. The molecule has 0 heterocycles. The van der Waals surface area contributed by atoms with Gasteiger partial charge in [-0.15, -0.1) is 0 Å². The van der Waals surface area contributed by atoms with Gasteiger partial charge in [0.15, 0.2) is 0 Å². The largest absolute Gasteiger partial charge is 1.00 e. The van der Waals surface area contributed by atoms with Gasteiger partial charge in [-0.05, 0) is 30.7 Å². The smallest absolute Gasteiger partial charge is 1.00 e. The Kier molecular flexibility index (Phi) is 6.37. The van der Waals surface area contributed by atoms with Gasteiger partial charge in [0, 0.05) is 0 Å². The van der Waals surface area contributed by atoms with Crippen molar-refractivity contribution < 1.29 is 40.9 Å². The topological polar surface area (TPSA) is 49.3 Å². The third kappa shape index (κ3) is 3.68. The zero-order chi connectivity index (χ0) is 14.0. The van der Waals surface area contributed by atoms with Crippen LogP contribution in [-0.4, -0.2) is 11.1 Å². The molecule has 0 fully saturated rings. The van der Waals surface area contributed by atoms with Gasteiger partial charge in [0.05, 0.1) is 27.0 Å². The fourth-order valence-corrected chi connectivity index (χ4v) is 2.15. The van der Waals surface area contributed by atoms with Gasteiger partial charge < -0.3 is 11.8 Å². The molecule has 0 saturated carbocycles. The summed E-state index contributed by atoms with van der Waals surface area (Å²) in [4.78, 5) is 11.1. The molecule has 0 radical (unpaired) electrons. The van der Waals surface area contributed by atoms with Crippen LogP contribution < -0.4 is 34.9 Å². The van der Waals surface area contributed by atoms with E-state index in [0.717, 1.165) is 5.56 Å². The average Bonchev–Trinajstić information content (AvgIpc) is 2.39. The van der Waals surface area contributed by atoms with Crippen molar-refractivity contribution in [3.05, 3.63) is 57.6 Å². The molecule has 0 atom stereocenters. The number of aromatic carboxylic acids is 1. The molecule has 20 heavy (non-hydrogen) atoms. The number of carbonyl (C=O) groups is 1. The Labute approximate surface area is 150 Å². The maximum Gasteiger partial charge on any atom is 1.00 e. The van der Waals surface area contributed by atoms with Gasteiger partial charge in [-0.1, -0.05) is 41.4 Å². The average molecular weight is 320 g/mol. The van der Waals surface area contributed by atoms with E-state index in [2.05, 4.69) is 5.32 Å². The third-order valence-corrected chi connectivity index (χ3v) is 3.50. The van der Waals surface area contributed by atoms with E-state index in [1.165, 1.54) is 6.07 Å². The Balaban J connectivity index is 0.00000200. The number of para-hydroxylation sites is 1. The molecular weight excluding hydrogens is 308 g/mol. The predicted octanol–water partition coefficient (Wildman–Crippen LogP) is 1.86. The Morgan fingerprint density at radius 3 is 2.50 bits per heavy atom. The van der Waals surface area contributed by atoms with Gasteiger partial charge in [0.1, 0.15) is 0 Å². The van der Waals surface area contributed by atoms with Crippen LogP contribution in [0.1, 0.15) is 17.3 Å². The molecule has 0 saturated heterocycles. The summed E-state index contributed by atoms with van der Waals surface area (Å²) in [5.41, 5.74) is 1.99. The van der Waals surface area contributed by atoms with Crippen molar-refractivity contribution in [3.8, 4) is 0 Å². The number of hydrogen-bond acceptors (Lipinski definition) is 2. The van der Waals surface area contributed by atoms with E-state index in [-0.39, 0.29) is 36.5 Å². The summed E-state index contributed by atoms with van der Waals surface area (Å²) in [6.45, 7) is 1.85. The second kappa shape index (κ2) is 7.34. The van der Waals surface area contributed by atoms with Crippen molar-refractivity contribution in [2.24, 2.45) is 0 Å². The van der Waals surface area contributed by atoms with Crippen LogP contribution in [0, 0.1) is 6.92 Å². The standard InChI is InChI=1S/C14H11Cl2NO2.Na.H/c1-8-6-7-10(15)13(12(8)16)17-11-5-3-2-4-9(11)14(18)19;;/h2-7,17H,1H3,(H,18,19);;/q;+1;-1. The van der Waals surface area contributed by atoms with Gasteiger partial charge in [-0.25, -0.2) is 4.79 Å². The second-order valence-electron chi connectivity index (χ2n) is 4.03. The minimum atomic E-state index is -1.01. The van der Waals surface area contributed by atoms with Crippen LogP contribution in [-0.2, 0) is 0 Å². The number of aryl methyl sites for hydroxylation is 1. The summed E-state index contributed by atoms with van der Waals surface area (Å²) in [6.07, 6.45) is 0. The van der Waals surface area contributed by atoms with Crippen LogP contribution in [0.3, 0.4) is 0 Å². The normalized spacial score (nSPS) is 9.75. The van der Waals surface area contributed by atoms with Gasteiger partial charge in [-0.2, -0.15) is 0 Å². The molecule has 6 heteroatoms. The Bertz CT molecular complexity index is 653. The minimum Gasteiger partial charge on any atom is -1.00 e. The molecule has 0 unspecified atom stereocenters. The van der Waals surface area contributed by atoms with Gasteiger partial charge >= 0.3 is 35.5 Å². The number of carboxylic acid groups (broad SMARTS) is 1. The molecule has 0 aromatic heterocycles. The van der Waals surface area contributed by atoms with Crippen LogP contribution in [0.5, 0.6) is 0 Å². The van der Waals surface area contributed by atoms with Crippen molar-refractivity contribution >= 4 is 40.5 Å². The molecule has 3 nitrogen and oxygen atoms in total. The summed E-state index contributed by atoms with van der Waals surface area (Å²) < 4.78 is 0. The van der Waals surface area contributed by atoms with E-state index >= 15 is 0 Å². The van der Waals surface area contributed by atoms with E-state index in [4.69, 9.17) is 28.3 Å². The van der Waals surface area contributed by atoms with Crippen molar-refractivity contribution in [1.82, 2.24) is 0 Å². The van der Waals surface area contributed by atoms with Gasteiger partial charge in [0.2, 0.25) is 0 Å². The number of anilines is 2. The molecule has 0 spiro atoms. The zero-order valence-electron chi connectivity index (χ0n) is 12.1. The first-order chi connectivity index (χ1) is 9.00. The summed E-state index contributed by atoms with van der Waals surface area (Å²) in [6, 6.07) is 10.1. The molecule has 2 aromatic carbocycles. The zero-order valence-corrected chi connectivity index (χ0v) is 14.6. The SMILES string of the molecule is Cc1ccc(Cl)c(Nc2ccccc2C(=O)O)c1Cl.[H-].[Na+]. The number of benzene rings is 2. The molecule has 2 aromatic rings. The van der Waals surface area contributed by atoms with E-state index in [0.29, 0.717) is 21.4 Å². The van der Waals surface area contributed by atoms with Crippen LogP contribution >= 0.6 is 23.2 Å². The van der Waals surface area contributed by atoms with Crippen molar-refractivity contribution in [2.75, 3.05) is 5.32 Å². The van der Waals surface area contributed by atoms with Crippen molar-refractivity contribution in [3.63, 3.8) is 0 Å². The number of halogens is 2. The molecule has 2 N–H and O–H groups in total. The molecule has 0 bridgehead atoms. The maximum atomic E-state index is 11.1. The summed E-state index contributed by atoms with van der Waals surface area (Å²) in [7, 11) is 0. The monoisotopic (exact) mass is 319 g/mol. The van der Waals surface area contributed by atoms with Crippen LogP contribution in [0.2, 0.25) is 10.0 Å². The van der Waals surface area contributed by atoms with Gasteiger partial charge in [-0.3, -0.25) is 0 Å². The number of nitrogens with one attached hydrogen (secondary N) is 1. The van der Waals surface area contributed by atoms with E-state index in [1.54, 1.807) is 30.3 Å². The molecule has 0 amide bonds. The van der Waals surface area contributed by atoms with Crippen LogP contribution in [0.15, 0.2) is 36.4 Å². The molecule has 2 rings (SSSR count). The maximum absolute atomic E-state index is 11.1. The van der Waals surface area contributed by atoms with Crippen molar-refractivity contribution in [2.45, 2.75) is 6.92 Å². The molecule has 0 aliphatic heterocycles. The first-order valence-corrected chi connectivity index (χ1v) is 6.30. The summed E-state index contributed by atoms with van der Waals surface area (Å²) >= 11 is 12.3. The quantitative estimate of drug-likeness (QED) is 0.849.